The van der Waals surface area contributed by atoms with Crippen LogP contribution in [0.25, 0.3) is 0 Å². The van der Waals surface area contributed by atoms with E-state index >= 15 is 0 Å². The number of sulfonamides is 1. The summed E-state index contributed by atoms with van der Waals surface area (Å²) in [5.41, 5.74) is 0. The van der Waals surface area contributed by atoms with Gasteiger partial charge < -0.3 is 4.74 Å². The lowest BCUT2D eigenvalue weighted by Crippen LogP contribution is -2.43. The normalized spacial score (nSPS) is 17.7. The molecule has 1 aromatic carbocycles. The summed E-state index contributed by atoms with van der Waals surface area (Å²) in [5.74, 6) is -0.569. The SMILES string of the molecule is O=S(=O)(NC[C@@H](c1cccs1)N1CCOCC1)c1cccc(F)c1. The first-order valence-corrected chi connectivity index (χ1v) is 10.0. The first-order chi connectivity index (χ1) is 11.6. The van der Waals surface area contributed by atoms with E-state index in [1.807, 2.05) is 17.5 Å². The van der Waals surface area contributed by atoms with E-state index in [-0.39, 0.29) is 17.5 Å². The van der Waals surface area contributed by atoms with E-state index in [1.54, 1.807) is 11.3 Å². The number of ether oxygens (including phenoxy) is 1. The molecule has 0 amide bonds. The highest BCUT2D eigenvalue weighted by Crippen LogP contribution is 2.26. The maximum atomic E-state index is 13.3. The van der Waals surface area contributed by atoms with Crippen LogP contribution in [0.1, 0.15) is 10.9 Å². The highest BCUT2D eigenvalue weighted by Gasteiger charge is 2.25. The Morgan fingerprint density at radius 2 is 2.04 bits per heavy atom. The summed E-state index contributed by atoms with van der Waals surface area (Å²) >= 11 is 1.60. The van der Waals surface area contributed by atoms with Gasteiger partial charge >= 0.3 is 0 Å². The van der Waals surface area contributed by atoms with Crippen molar-refractivity contribution in [3.05, 3.63) is 52.5 Å². The molecule has 0 bridgehead atoms. The van der Waals surface area contributed by atoms with Crippen molar-refractivity contribution in [2.75, 3.05) is 32.8 Å². The highest BCUT2D eigenvalue weighted by molar-refractivity contribution is 7.89. The van der Waals surface area contributed by atoms with E-state index in [0.29, 0.717) is 13.2 Å². The number of halogens is 1. The smallest absolute Gasteiger partial charge is 0.240 e. The number of benzene rings is 1. The van der Waals surface area contributed by atoms with Crippen molar-refractivity contribution in [1.29, 1.82) is 0 Å². The van der Waals surface area contributed by atoms with Crippen molar-refractivity contribution in [1.82, 2.24) is 9.62 Å². The topological polar surface area (TPSA) is 58.6 Å². The zero-order chi connectivity index (χ0) is 17.0. The molecule has 0 unspecified atom stereocenters. The molecule has 24 heavy (non-hydrogen) atoms. The van der Waals surface area contributed by atoms with Crippen LogP contribution in [0.2, 0.25) is 0 Å². The van der Waals surface area contributed by atoms with E-state index in [1.165, 1.54) is 18.2 Å². The molecule has 0 saturated carbocycles. The molecule has 130 valence electrons. The van der Waals surface area contributed by atoms with Crippen LogP contribution in [0.4, 0.5) is 4.39 Å². The standard InChI is InChI=1S/C16H19FN2O3S2/c17-13-3-1-4-14(11-13)24(20,21)18-12-15(16-5-2-10-23-16)19-6-8-22-9-7-19/h1-5,10-11,15,18H,6-9,12H2/t15-/m0/s1. The second kappa shape index (κ2) is 7.71. The summed E-state index contributed by atoms with van der Waals surface area (Å²) in [6.45, 7) is 3.02. The van der Waals surface area contributed by atoms with Gasteiger partial charge in [0.15, 0.2) is 0 Å². The average Bonchev–Trinajstić information content (AvgIpc) is 3.10. The van der Waals surface area contributed by atoms with Crippen molar-refractivity contribution in [2.45, 2.75) is 10.9 Å². The van der Waals surface area contributed by atoms with Crippen LogP contribution in [0.3, 0.4) is 0 Å². The third-order valence-corrected chi connectivity index (χ3v) is 6.33. The maximum absolute atomic E-state index is 13.3. The summed E-state index contributed by atoms with van der Waals surface area (Å²) < 4.78 is 46.1. The molecule has 1 aliphatic heterocycles. The van der Waals surface area contributed by atoms with Gasteiger partial charge in [0.2, 0.25) is 10.0 Å². The predicted octanol–water partition coefficient (Wildman–Crippen LogP) is 2.24. The Morgan fingerprint density at radius 1 is 1.25 bits per heavy atom. The Labute approximate surface area is 145 Å². The summed E-state index contributed by atoms with van der Waals surface area (Å²) in [4.78, 5) is 3.25. The lowest BCUT2D eigenvalue weighted by atomic mass is 10.2. The minimum Gasteiger partial charge on any atom is -0.379 e. The molecule has 1 atom stereocenters. The first kappa shape index (κ1) is 17.5. The quantitative estimate of drug-likeness (QED) is 0.847. The molecule has 3 rings (SSSR count). The second-order valence-corrected chi connectivity index (χ2v) is 8.24. The minimum atomic E-state index is -3.75. The number of hydrogen-bond acceptors (Lipinski definition) is 5. The molecule has 2 aromatic rings. The summed E-state index contributed by atoms with van der Waals surface area (Å²) in [7, 11) is -3.75. The Hall–Kier alpha value is -1.32. The number of nitrogens with zero attached hydrogens (tertiary/aromatic N) is 1. The molecular formula is C16H19FN2O3S2. The van der Waals surface area contributed by atoms with Gasteiger partial charge in [-0.15, -0.1) is 11.3 Å². The molecule has 8 heteroatoms. The lowest BCUT2D eigenvalue weighted by molar-refractivity contribution is 0.0179. The molecular weight excluding hydrogens is 351 g/mol. The Kier molecular flexibility index (Phi) is 5.62. The molecule has 1 fully saturated rings. The van der Waals surface area contributed by atoms with Gasteiger partial charge in [0.05, 0.1) is 24.2 Å². The monoisotopic (exact) mass is 370 g/mol. The molecule has 0 aliphatic carbocycles. The Bertz CT molecular complexity index is 759. The number of hydrogen-bond donors (Lipinski definition) is 1. The van der Waals surface area contributed by atoms with Crippen LogP contribution in [-0.2, 0) is 14.8 Å². The van der Waals surface area contributed by atoms with Gasteiger partial charge in [-0.1, -0.05) is 12.1 Å². The van der Waals surface area contributed by atoms with Gasteiger partial charge in [0.25, 0.3) is 0 Å². The van der Waals surface area contributed by atoms with Crippen LogP contribution >= 0.6 is 11.3 Å². The van der Waals surface area contributed by atoms with E-state index in [9.17, 15) is 12.8 Å². The largest absolute Gasteiger partial charge is 0.379 e. The van der Waals surface area contributed by atoms with Gasteiger partial charge in [-0.05, 0) is 29.6 Å². The zero-order valence-corrected chi connectivity index (χ0v) is 14.7. The predicted molar refractivity (Wildman–Crippen MR) is 91.0 cm³/mol. The zero-order valence-electron chi connectivity index (χ0n) is 13.0. The van der Waals surface area contributed by atoms with Gasteiger partial charge in [0.1, 0.15) is 5.82 Å². The van der Waals surface area contributed by atoms with Crippen molar-refractivity contribution in [2.24, 2.45) is 0 Å². The summed E-state index contributed by atoms with van der Waals surface area (Å²) in [6, 6.07) is 8.93. The van der Waals surface area contributed by atoms with Crippen molar-refractivity contribution < 1.29 is 17.5 Å². The second-order valence-electron chi connectivity index (χ2n) is 5.49. The lowest BCUT2D eigenvalue weighted by Gasteiger charge is -2.34. The minimum absolute atomic E-state index is 0.0581. The van der Waals surface area contributed by atoms with Crippen molar-refractivity contribution >= 4 is 21.4 Å². The van der Waals surface area contributed by atoms with Crippen LogP contribution < -0.4 is 4.72 Å². The first-order valence-electron chi connectivity index (χ1n) is 7.67. The van der Waals surface area contributed by atoms with E-state index in [0.717, 1.165) is 24.0 Å². The molecule has 5 nitrogen and oxygen atoms in total. The Balaban J connectivity index is 1.75. The maximum Gasteiger partial charge on any atom is 0.240 e. The molecule has 2 heterocycles. The molecule has 1 saturated heterocycles. The van der Waals surface area contributed by atoms with Gasteiger partial charge in [-0.3, -0.25) is 4.90 Å². The van der Waals surface area contributed by atoms with Gasteiger partial charge in [-0.25, -0.2) is 17.5 Å². The van der Waals surface area contributed by atoms with E-state index < -0.39 is 15.8 Å². The fraction of sp³-hybridized carbons (Fsp3) is 0.375. The number of thiophene rings is 1. The van der Waals surface area contributed by atoms with Gasteiger partial charge in [-0.2, -0.15) is 0 Å². The van der Waals surface area contributed by atoms with Gasteiger partial charge in [0, 0.05) is 24.5 Å². The summed E-state index contributed by atoms with van der Waals surface area (Å²) in [6.07, 6.45) is 0. The average molecular weight is 370 g/mol. The highest BCUT2D eigenvalue weighted by atomic mass is 32.2. The molecule has 0 radical (unpaired) electrons. The molecule has 1 aromatic heterocycles. The van der Waals surface area contributed by atoms with Crippen LogP contribution in [0.5, 0.6) is 0 Å². The summed E-state index contributed by atoms with van der Waals surface area (Å²) in [5, 5.41) is 1.98. The van der Waals surface area contributed by atoms with E-state index in [4.69, 9.17) is 4.74 Å². The number of rotatable bonds is 6. The van der Waals surface area contributed by atoms with Crippen molar-refractivity contribution in [3.63, 3.8) is 0 Å². The van der Waals surface area contributed by atoms with Crippen molar-refractivity contribution in [3.8, 4) is 0 Å². The molecule has 0 spiro atoms. The third-order valence-electron chi connectivity index (χ3n) is 3.93. The fourth-order valence-corrected chi connectivity index (χ4v) is 4.62. The third kappa shape index (κ3) is 4.20. The number of morpholine rings is 1. The van der Waals surface area contributed by atoms with Crippen LogP contribution in [0, 0.1) is 5.82 Å². The molecule has 1 N–H and O–H groups in total. The van der Waals surface area contributed by atoms with Crippen LogP contribution in [0.15, 0.2) is 46.7 Å². The fourth-order valence-electron chi connectivity index (χ4n) is 2.69. The molecule has 1 aliphatic rings. The van der Waals surface area contributed by atoms with Crippen LogP contribution in [-0.4, -0.2) is 46.2 Å². The number of nitrogens with one attached hydrogen (secondary N) is 1. The van der Waals surface area contributed by atoms with E-state index in [2.05, 4.69) is 9.62 Å². The Morgan fingerprint density at radius 3 is 2.71 bits per heavy atom.